The number of hydrazine groups is 1. The number of carbonyl (C=O) groups is 1. The highest BCUT2D eigenvalue weighted by Crippen LogP contribution is 2.14. The first kappa shape index (κ1) is 22.6. The number of aromatic nitrogens is 2. The Bertz CT molecular complexity index is 1410. The van der Waals surface area contributed by atoms with Crippen LogP contribution in [0.3, 0.4) is 0 Å². The van der Waals surface area contributed by atoms with Gasteiger partial charge in [0.25, 0.3) is 11.5 Å². The maximum absolute atomic E-state index is 13.2. The zero-order valence-corrected chi connectivity index (χ0v) is 19.6. The summed E-state index contributed by atoms with van der Waals surface area (Å²) in [7, 11) is 3.14. The average Bonchev–Trinajstić information content (AvgIpc) is 2.83. The third kappa shape index (κ3) is 4.76. The zero-order chi connectivity index (χ0) is 23.5. The summed E-state index contributed by atoms with van der Waals surface area (Å²) in [5.41, 5.74) is 4.48. The molecule has 9 nitrogen and oxygen atoms in total. The van der Waals surface area contributed by atoms with Gasteiger partial charge in [-0.25, -0.2) is 4.79 Å². The second-order valence-electron chi connectivity index (χ2n) is 7.45. The van der Waals surface area contributed by atoms with Gasteiger partial charge in [-0.1, -0.05) is 28.1 Å². The van der Waals surface area contributed by atoms with Crippen LogP contribution in [-0.2, 0) is 18.4 Å². The molecule has 1 aromatic heterocycles. The van der Waals surface area contributed by atoms with E-state index in [9.17, 15) is 14.4 Å². The first-order valence-corrected chi connectivity index (χ1v) is 10.9. The lowest BCUT2D eigenvalue weighted by atomic mass is 10.1. The van der Waals surface area contributed by atoms with Crippen LogP contribution in [0.5, 0.6) is 0 Å². The molecule has 0 saturated heterocycles. The normalized spacial score (nSPS) is 13.1. The third-order valence-corrected chi connectivity index (χ3v) is 5.79. The predicted molar refractivity (Wildman–Crippen MR) is 128 cm³/mol. The second-order valence-corrected chi connectivity index (χ2v) is 8.37. The minimum absolute atomic E-state index is 0.128. The number of hydrogen-bond donors (Lipinski definition) is 2. The zero-order valence-electron chi connectivity index (χ0n) is 18.0. The predicted octanol–water partition coefficient (Wildman–Crippen LogP) is 2.02. The van der Waals surface area contributed by atoms with Gasteiger partial charge in [-0.15, -0.1) is 0 Å². The van der Waals surface area contributed by atoms with Crippen molar-refractivity contribution >= 4 is 32.7 Å². The second kappa shape index (κ2) is 9.47. The van der Waals surface area contributed by atoms with Crippen LogP contribution in [0.4, 0.5) is 0 Å². The van der Waals surface area contributed by atoms with E-state index in [4.69, 9.17) is 4.84 Å². The van der Waals surface area contributed by atoms with Gasteiger partial charge in [0.05, 0.1) is 30.8 Å². The molecule has 0 unspecified atom stereocenters. The highest BCUT2D eigenvalue weighted by Gasteiger charge is 2.15. The number of aryl methyl sites for hydroxylation is 1. The summed E-state index contributed by atoms with van der Waals surface area (Å²) >= 11 is 3.41. The van der Waals surface area contributed by atoms with Gasteiger partial charge in [-0.05, 0) is 47.5 Å². The van der Waals surface area contributed by atoms with Crippen molar-refractivity contribution in [1.82, 2.24) is 25.0 Å². The summed E-state index contributed by atoms with van der Waals surface area (Å²) in [6.07, 6.45) is 5.20. The van der Waals surface area contributed by atoms with Crippen molar-refractivity contribution in [3.8, 4) is 0 Å². The number of halogens is 1. The lowest BCUT2D eigenvalue weighted by molar-refractivity contribution is -0.119. The van der Waals surface area contributed by atoms with Gasteiger partial charge in [-0.2, -0.15) is 5.17 Å². The van der Waals surface area contributed by atoms with Crippen molar-refractivity contribution in [3.05, 3.63) is 103 Å². The number of carbonyl (C=O) groups excluding carboxylic acids is 1. The number of amides is 1. The lowest BCUT2D eigenvalue weighted by Crippen LogP contribution is -2.39. The van der Waals surface area contributed by atoms with E-state index < -0.39 is 11.2 Å². The van der Waals surface area contributed by atoms with Gasteiger partial charge in [-0.3, -0.25) is 29.0 Å². The van der Waals surface area contributed by atoms with E-state index >= 15 is 0 Å². The molecule has 3 aromatic rings. The van der Waals surface area contributed by atoms with E-state index in [1.54, 1.807) is 37.7 Å². The fraction of sp³-hybridized carbons (Fsp3) is 0.174. The molecule has 2 aromatic carbocycles. The molecule has 0 atom stereocenters. The minimum atomic E-state index is -0.440. The molecule has 10 heteroatoms. The molecule has 33 heavy (non-hydrogen) atoms. The highest BCUT2D eigenvalue weighted by atomic mass is 79.9. The quantitative estimate of drug-likeness (QED) is 0.525. The third-order valence-electron chi connectivity index (χ3n) is 5.29. The highest BCUT2D eigenvalue weighted by molar-refractivity contribution is 9.10. The first-order valence-electron chi connectivity index (χ1n) is 10.1. The fourth-order valence-corrected chi connectivity index (χ4v) is 3.97. The maximum Gasteiger partial charge on any atom is 0.331 e. The molecule has 0 spiro atoms. The molecular weight excluding hydrogens is 490 g/mol. The van der Waals surface area contributed by atoms with Crippen LogP contribution in [0, 0.1) is 0 Å². The van der Waals surface area contributed by atoms with Crippen LogP contribution in [0.1, 0.15) is 15.9 Å². The molecule has 0 fully saturated rings. The Balaban J connectivity index is 1.62. The molecule has 2 N–H and O–H groups in total. The molecule has 0 aliphatic carbocycles. The lowest BCUT2D eigenvalue weighted by Gasteiger charge is -2.21. The molecule has 1 aliphatic heterocycles. The summed E-state index contributed by atoms with van der Waals surface area (Å²) in [4.78, 5) is 43.8. The molecule has 170 valence electrons. The Morgan fingerprint density at radius 3 is 2.70 bits per heavy atom. The van der Waals surface area contributed by atoms with Crippen molar-refractivity contribution < 1.29 is 9.63 Å². The number of rotatable bonds is 6. The Morgan fingerprint density at radius 1 is 1.18 bits per heavy atom. The number of nitrogens with zero attached hydrogens (tertiary/aromatic N) is 3. The summed E-state index contributed by atoms with van der Waals surface area (Å²) < 4.78 is 3.45. The van der Waals surface area contributed by atoms with Crippen LogP contribution in [0.2, 0.25) is 0 Å². The van der Waals surface area contributed by atoms with E-state index in [2.05, 4.69) is 26.7 Å². The van der Waals surface area contributed by atoms with Crippen molar-refractivity contribution in [1.29, 1.82) is 0 Å². The van der Waals surface area contributed by atoms with Gasteiger partial charge >= 0.3 is 5.69 Å². The molecule has 0 saturated carbocycles. The maximum atomic E-state index is 13.2. The SMILES string of the molecule is CON1C=CC(CNC(=O)c2ccc3c(c2)c(=O)n(Cc2cccc(Br)c2)c(=O)n3C)=CN1. The Kier molecular flexibility index (Phi) is 6.47. The summed E-state index contributed by atoms with van der Waals surface area (Å²) in [5.74, 6) is -0.327. The number of nitrogens with one attached hydrogen (secondary N) is 2. The Morgan fingerprint density at radius 2 is 2.00 bits per heavy atom. The molecule has 1 aliphatic rings. The molecule has 4 rings (SSSR count). The van der Waals surface area contributed by atoms with Gasteiger partial charge in [0.15, 0.2) is 0 Å². The summed E-state index contributed by atoms with van der Waals surface area (Å²) in [6, 6.07) is 12.2. The van der Waals surface area contributed by atoms with Crippen LogP contribution in [0.15, 0.2) is 80.6 Å². The van der Waals surface area contributed by atoms with Gasteiger partial charge < -0.3 is 5.32 Å². The number of benzene rings is 2. The monoisotopic (exact) mass is 511 g/mol. The molecule has 2 heterocycles. The van der Waals surface area contributed by atoms with Crippen LogP contribution in [-0.4, -0.2) is 33.9 Å². The molecule has 1 amide bonds. The number of hydrogen-bond acceptors (Lipinski definition) is 6. The molecular formula is C23H22BrN5O4. The number of hydroxylamine groups is 1. The minimum Gasteiger partial charge on any atom is -0.348 e. The van der Waals surface area contributed by atoms with Crippen LogP contribution in [0.25, 0.3) is 10.9 Å². The summed E-state index contributed by atoms with van der Waals surface area (Å²) in [5, 5.41) is 4.55. The topological polar surface area (TPSA) is 97.6 Å². The first-order chi connectivity index (χ1) is 15.9. The Hall–Kier alpha value is -3.63. The van der Waals surface area contributed by atoms with Gasteiger partial charge in [0.2, 0.25) is 0 Å². The van der Waals surface area contributed by atoms with E-state index in [0.29, 0.717) is 16.5 Å². The molecule has 0 radical (unpaired) electrons. The average molecular weight is 512 g/mol. The molecule has 0 bridgehead atoms. The largest absolute Gasteiger partial charge is 0.348 e. The van der Waals surface area contributed by atoms with E-state index in [1.165, 1.54) is 27.5 Å². The van der Waals surface area contributed by atoms with E-state index in [-0.39, 0.29) is 19.0 Å². The standard InChI is InChI=1S/C23H22BrN5O4/c1-27-20-7-6-17(21(30)25-12-16-8-9-29(33-2)26-13-16)11-19(20)22(31)28(23(27)32)14-15-4-3-5-18(24)10-15/h3-11,13,26H,12,14H2,1-2H3,(H,25,30). The van der Waals surface area contributed by atoms with Crippen LogP contribution < -0.4 is 22.0 Å². The van der Waals surface area contributed by atoms with E-state index in [1.807, 2.05) is 24.3 Å². The van der Waals surface area contributed by atoms with Gasteiger partial charge in [0.1, 0.15) is 0 Å². The van der Waals surface area contributed by atoms with Crippen molar-refractivity contribution in [2.24, 2.45) is 7.05 Å². The smallest absolute Gasteiger partial charge is 0.331 e. The number of fused-ring (bicyclic) bond motifs is 1. The summed E-state index contributed by atoms with van der Waals surface area (Å²) in [6.45, 7) is 0.418. The van der Waals surface area contributed by atoms with Gasteiger partial charge in [0, 0.05) is 29.8 Å². The Labute approximate surface area is 197 Å². The van der Waals surface area contributed by atoms with Crippen molar-refractivity contribution in [2.45, 2.75) is 6.54 Å². The van der Waals surface area contributed by atoms with Crippen LogP contribution >= 0.6 is 15.9 Å². The van der Waals surface area contributed by atoms with E-state index in [0.717, 1.165) is 15.6 Å². The van der Waals surface area contributed by atoms with Crippen molar-refractivity contribution in [2.75, 3.05) is 13.7 Å². The van der Waals surface area contributed by atoms with Crippen molar-refractivity contribution in [3.63, 3.8) is 0 Å². The fourth-order valence-electron chi connectivity index (χ4n) is 3.52.